The Balaban J connectivity index is 1.92. The van der Waals surface area contributed by atoms with Crippen molar-refractivity contribution in [2.45, 2.75) is 98.4 Å². The summed E-state index contributed by atoms with van der Waals surface area (Å²) in [7, 11) is 0. The Labute approximate surface area is 208 Å². The fraction of sp³-hybridized carbons (Fsp3) is 0.552. The van der Waals surface area contributed by atoms with Crippen LogP contribution in [0.15, 0.2) is 30.5 Å². The van der Waals surface area contributed by atoms with E-state index in [0.29, 0.717) is 18.1 Å². The number of aryl methyl sites for hydroxylation is 1. The van der Waals surface area contributed by atoms with E-state index >= 15 is 0 Å². The molecule has 0 N–H and O–H groups in total. The summed E-state index contributed by atoms with van der Waals surface area (Å²) < 4.78 is 10.4. The predicted octanol–water partition coefficient (Wildman–Crippen LogP) is 7.49. The number of carbonyl (C=O) groups is 1. The Morgan fingerprint density at radius 2 is 1.74 bits per heavy atom. The number of rotatable bonds is 13. The molecule has 3 heterocycles. The van der Waals surface area contributed by atoms with Crippen LogP contribution in [-0.4, -0.2) is 24.9 Å². The Hall–Kier alpha value is -2.89. The van der Waals surface area contributed by atoms with E-state index in [1.807, 2.05) is 24.4 Å². The number of nitrogens with zero attached hydrogens (tertiary/aromatic N) is 4. The van der Waals surface area contributed by atoms with Crippen LogP contribution in [0.3, 0.4) is 0 Å². The Bertz CT molecular complexity index is 1290. The van der Waals surface area contributed by atoms with Gasteiger partial charge in [-0.3, -0.25) is 9.20 Å². The van der Waals surface area contributed by atoms with Crippen molar-refractivity contribution in [1.29, 1.82) is 0 Å². The Morgan fingerprint density at radius 1 is 0.971 bits per heavy atom. The van der Waals surface area contributed by atoms with E-state index in [1.165, 1.54) is 19.3 Å². The van der Waals surface area contributed by atoms with Gasteiger partial charge in [0.2, 0.25) is 0 Å². The minimum atomic E-state index is -0.187. The summed E-state index contributed by atoms with van der Waals surface area (Å²) in [6.07, 6.45) is 12.0. The van der Waals surface area contributed by atoms with Gasteiger partial charge in [-0.05, 0) is 37.3 Å². The maximum absolute atomic E-state index is 12.7. The lowest BCUT2D eigenvalue weighted by Crippen LogP contribution is -2.11. The van der Waals surface area contributed by atoms with Gasteiger partial charge in [0.1, 0.15) is 16.9 Å². The molecule has 0 saturated carbocycles. The van der Waals surface area contributed by atoms with Gasteiger partial charge in [0, 0.05) is 25.6 Å². The van der Waals surface area contributed by atoms with Crippen molar-refractivity contribution < 1.29 is 9.53 Å². The first-order valence-corrected chi connectivity index (χ1v) is 13.6. The topological polar surface area (TPSA) is 61.4 Å². The molecule has 0 fully saturated rings. The highest BCUT2D eigenvalue weighted by molar-refractivity contribution is 6.00. The second-order valence-electron chi connectivity index (χ2n) is 9.73. The van der Waals surface area contributed by atoms with Crippen LogP contribution in [0.2, 0.25) is 0 Å². The zero-order valence-electron chi connectivity index (χ0n) is 21.8. The number of fused-ring (bicyclic) bond motifs is 5. The van der Waals surface area contributed by atoms with Gasteiger partial charge in [-0.2, -0.15) is 0 Å². The molecule has 188 valence electrons. The highest BCUT2D eigenvalue weighted by Crippen LogP contribution is 2.35. The molecule has 6 heteroatoms. The molecule has 0 bridgehead atoms. The van der Waals surface area contributed by atoms with E-state index in [1.54, 1.807) is 0 Å². The average Bonchev–Trinajstić information content (AvgIpc) is 3.42. The third-order valence-corrected chi connectivity index (χ3v) is 7.00. The molecule has 0 amide bonds. The van der Waals surface area contributed by atoms with Crippen molar-refractivity contribution in [2.24, 2.45) is 5.92 Å². The van der Waals surface area contributed by atoms with Crippen LogP contribution in [0.1, 0.15) is 91.3 Å². The summed E-state index contributed by atoms with van der Waals surface area (Å²) in [5, 5.41) is 0.844. The molecule has 1 unspecified atom stereocenters. The number of benzene rings is 1. The minimum absolute atomic E-state index is 0.187. The largest absolute Gasteiger partial charge is 0.424 e. The fourth-order valence-corrected chi connectivity index (χ4v) is 4.89. The number of imidazole rings is 1. The number of hydrogen-bond donors (Lipinski definition) is 0. The second kappa shape index (κ2) is 11.7. The van der Waals surface area contributed by atoms with E-state index in [0.717, 1.165) is 78.6 Å². The highest BCUT2D eigenvalue weighted by Gasteiger charge is 2.23. The number of ether oxygens (including phenoxy) is 1. The van der Waals surface area contributed by atoms with Crippen LogP contribution < -0.4 is 4.74 Å². The number of carbonyl (C=O) groups excluding carboxylic acids is 1. The average molecular weight is 477 g/mol. The maximum atomic E-state index is 12.7. The van der Waals surface area contributed by atoms with E-state index in [4.69, 9.17) is 14.7 Å². The first-order chi connectivity index (χ1) is 17.1. The van der Waals surface area contributed by atoms with Gasteiger partial charge in [-0.1, -0.05) is 71.9 Å². The van der Waals surface area contributed by atoms with Crippen molar-refractivity contribution in [3.63, 3.8) is 0 Å². The molecule has 0 saturated heterocycles. The molecule has 35 heavy (non-hydrogen) atoms. The summed E-state index contributed by atoms with van der Waals surface area (Å²) in [6, 6.07) is 8.20. The van der Waals surface area contributed by atoms with Crippen LogP contribution in [0, 0.1) is 5.92 Å². The minimum Gasteiger partial charge on any atom is -0.424 e. The van der Waals surface area contributed by atoms with Crippen LogP contribution in [0.5, 0.6) is 5.75 Å². The highest BCUT2D eigenvalue weighted by atomic mass is 16.5. The summed E-state index contributed by atoms with van der Waals surface area (Å²) in [4.78, 5) is 22.9. The summed E-state index contributed by atoms with van der Waals surface area (Å²) >= 11 is 0. The first kappa shape index (κ1) is 25.2. The summed E-state index contributed by atoms with van der Waals surface area (Å²) in [6.45, 7) is 9.67. The standard InChI is InChI=1S/C29H40N4O2/c1-5-9-14-21(8-4)19-32-20-24(35-26(34)18-11-7-3)27-28(32)31-25(17-10-6-2)33-23-16-13-12-15-22(23)30-29(27)33/h12-13,15-16,20-21H,5-11,14,17-19H2,1-4H3. The molecular formula is C29H40N4O2. The molecule has 6 nitrogen and oxygen atoms in total. The molecule has 3 aromatic heterocycles. The smallest absolute Gasteiger partial charge is 0.311 e. The quantitative estimate of drug-likeness (QED) is 0.188. The molecule has 1 aromatic carbocycles. The summed E-state index contributed by atoms with van der Waals surface area (Å²) in [5.41, 5.74) is 3.70. The monoisotopic (exact) mass is 476 g/mol. The van der Waals surface area contributed by atoms with E-state index in [9.17, 15) is 4.79 Å². The molecule has 0 aliphatic carbocycles. The molecular weight excluding hydrogens is 436 g/mol. The van der Waals surface area contributed by atoms with E-state index in [2.05, 4.69) is 42.7 Å². The van der Waals surface area contributed by atoms with Gasteiger partial charge in [-0.15, -0.1) is 0 Å². The van der Waals surface area contributed by atoms with E-state index in [-0.39, 0.29) is 5.97 Å². The van der Waals surface area contributed by atoms with Gasteiger partial charge in [0.05, 0.1) is 11.0 Å². The van der Waals surface area contributed by atoms with Gasteiger partial charge in [-0.25, -0.2) is 9.97 Å². The van der Waals surface area contributed by atoms with Crippen molar-refractivity contribution in [2.75, 3.05) is 0 Å². The lowest BCUT2D eigenvalue weighted by Gasteiger charge is -2.16. The van der Waals surface area contributed by atoms with Crippen molar-refractivity contribution in [3.8, 4) is 5.75 Å². The predicted molar refractivity (Wildman–Crippen MR) is 143 cm³/mol. The molecule has 0 aliphatic heterocycles. The van der Waals surface area contributed by atoms with Crippen molar-refractivity contribution >= 4 is 33.7 Å². The van der Waals surface area contributed by atoms with E-state index < -0.39 is 0 Å². The molecule has 4 aromatic rings. The second-order valence-corrected chi connectivity index (χ2v) is 9.73. The third-order valence-electron chi connectivity index (χ3n) is 7.00. The molecule has 0 aliphatic rings. The maximum Gasteiger partial charge on any atom is 0.311 e. The fourth-order valence-electron chi connectivity index (χ4n) is 4.89. The zero-order valence-corrected chi connectivity index (χ0v) is 21.8. The van der Waals surface area contributed by atoms with Gasteiger partial charge >= 0.3 is 5.97 Å². The number of esters is 1. The van der Waals surface area contributed by atoms with Crippen molar-refractivity contribution in [3.05, 3.63) is 36.3 Å². The number of hydrogen-bond acceptors (Lipinski definition) is 4. The molecule has 0 radical (unpaired) electrons. The molecule has 4 rings (SSSR count). The van der Waals surface area contributed by atoms with Crippen LogP contribution in [0.4, 0.5) is 0 Å². The summed E-state index contributed by atoms with van der Waals surface area (Å²) in [5.74, 6) is 1.98. The van der Waals surface area contributed by atoms with Crippen molar-refractivity contribution in [1.82, 2.24) is 18.9 Å². The SMILES string of the molecule is CCCCC(=O)Oc1cn(CC(CC)CCCC)c2nc(CCCC)n3c4ccccc4nc3c12. The van der Waals surface area contributed by atoms with Gasteiger partial charge < -0.3 is 9.30 Å². The number of unbranched alkanes of at least 4 members (excludes halogenated alkanes) is 3. The number of aromatic nitrogens is 4. The third kappa shape index (κ3) is 5.36. The lowest BCUT2D eigenvalue weighted by atomic mass is 9.99. The van der Waals surface area contributed by atoms with Gasteiger partial charge in [0.25, 0.3) is 0 Å². The number of para-hydroxylation sites is 2. The lowest BCUT2D eigenvalue weighted by molar-refractivity contribution is -0.134. The Morgan fingerprint density at radius 3 is 2.49 bits per heavy atom. The van der Waals surface area contributed by atoms with Crippen LogP contribution in [0.25, 0.3) is 27.7 Å². The Kier molecular flexibility index (Phi) is 8.42. The molecule has 1 atom stereocenters. The first-order valence-electron chi connectivity index (χ1n) is 13.6. The zero-order chi connectivity index (χ0) is 24.8. The van der Waals surface area contributed by atoms with Crippen LogP contribution in [-0.2, 0) is 17.8 Å². The van der Waals surface area contributed by atoms with Gasteiger partial charge in [0.15, 0.2) is 11.4 Å². The van der Waals surface area contributed by atoms with Crippen LogP contribution >= 0.6 is 0 Å². The molecule has 0 spiro atoms. The normalized spacial score (nSPS) is 12.7.